The van der Waals surface area contributed by atoms with Gasteiger partial charge < -0.3 is 16.4 Å². The van der Waals surface area contributed by atoms with Crippen molar-refractivity contribution in [2.24, 2.45) is 5.73 Å². The molecule has 1 heterocycles. The van der Waals surface area contributed by atoms with Gasteiger partial charge in [0.1, 0.15) is 0 Å². The molecule has 6 heteroatoms. The Kier molecular flexibility index (Phi) is 4.68. The summed E-state index contributed by atoms with van der Waals surface area (Å²) < 4.78 is 0. The first-order valence-electron chi connectivity index (χ1n) is 6.85. The van der Waals surface area contributed by atoms with Gasteiger partial charge in [-0.15, -0.1) is 0 Å². The van der Waals surface area contributed by atoms with E-state index in [1.807, 2.05) is 12.2 Å². The molecular weight excluding hydrogens is 244 g/mol. The van der Waals surface area contributed by atoms with Crippen molar-refractivity contribution in [1.82, 2.24) is 10.6 Å². The van der Waals surface area contributed by atoms with Gasteiger partial charge in [-0.25, -0.2) is 0 Å². The molecule has 3 unspecified atom stereocenters. The van der Waals surface area contributed by atoms with E-state index in [2.05, 4.69) is 10.6 Å². The van der Waals surface area contributed by atoms with E-state index in [9.17, 15) is 10.1 Å². The summed E-state index contributed by atoms with van der Waals surface area (Å²) in [4.78, 5) is 11.4. The van der Waals surface area contributed by atoms with Crippen molar-refractivity contribution in [3.63, 3.8) is 0 Å². The van der Waals surface area contributed by atoms with E-state index in [0.717, 1.165) is 25.9 Å². The van der Waals surface area contributed by atoms with Gasteiger partial charge >= 0.3 is 0 Å². The van der Waals surface area contributed by atoms with E-state index < -0.39 is 5.54 Å². The van der Waals surface area contributed by atoms with Crippen molar-refractivity contribution in [3.8, 4) is 0 Å². The van der Waals surface area contributed by atoms with Crippen LogP contribution in [0.5, 0.6) is 0 Å². The van der Waals surface area contributed by atoms with E-state index in [4.69, 9.17) is 5.73 Å². The molecule has 3 atom stereocenters. The van der Waals surface area contributed by atoms with Gasteiger partial charge in [0.2, 0.25) is 0 Å². The second-order valence-corrected chi connectivity index (χ2v) is 5.21. The molecule has 19 heavy (non-hydrogen) atoms. The van der Waals surface area contributed by atoms with E-state index in [-0.39, 0.29) is 11.0 Å². The smallest absolute Gasteiger partial charge is 0.259 e. The Labute approximate surface area is 113 Å². The highest BCUT2D eigenvalue weighted by Gasteiger charge is 2.49. The van der Waals surface area contributed by atoms with Gasteiger partial charge in [-0.05, 0) is 25.5 Å². The molecule has 2 aliphatic rings. The summed E-state index contributed by atoms with van der Waals surface area (Å²) in [6, 6.07) is 0.179. The molecule has 1 fully saturated rings. The maximum atomic E-state index is 11.5. The number of nitrogens with one attached hydrogen (secondary N) is 2. The van der Waals surface area contributed by atoms with Crippen LogP contribution < -0.4 is 16.4 Å². The van der Waals surface area contributed by atoms with Crippen LogP contribution in [0.25, 0.3) is 0 Å². The number of allylic oxidation sites excluding steroid dienone is 2. The second kappa shape index (κ2) is 6.27. The minimum absolute atomic E-state index is 0.132. The second-order valence-electron chi connectivity index (χ2n) is 5.21. The molecule has 0 aromatic carbocycles. The molecule has 0 amide bonds. The number of hydrogen-bond donors (Lipinski definition) is 3. The number of hydrogen-bond acceptors (Lipinski definition) is 5. The van der Waals surface area contributed by atoms with Crippen molar-refractivity contribution in [2.45, 2.75) is 36.9 Å². The van der Waals surface area contributed by atoms with Crippen LogP contribution in [0.1, 0.15) is 19.3 Å². The molecule has 0 saturated carbocycles. The molecule has 0 aromatic rings. The summed E-state index contributed by atoms with van der Waals surface area (Å²) in [5, 5.41) is 18.2. The van der Waals surface area contributed by atoms with Crippen LogP contribution in [0.4, 0.5) is 0 Å². The first-order chi connectivity index (χ1) is 9.19. The third-order valence-electron chi connectivity index (χ3n) is 4.00. The van der Waals surface area contributed by atoms with E-state index in [1.54, 1.807) is 12.2 Å². The summed E-state index contributed by atoms with van der Waals surface area (Å²) in [6.45, 7) is 2.16. The first kappa shape index (κ1) is 14.2. The van der Waals surface area contributed by atoms with Crippen molar-refractivity contribution < 1.29 is 4.92 Å². The van der Waals surface area contributed by atoms with Gasteiger partial charge in [0.05, 0.1) is 6.04 Å². The van der Waals surface area contributed by atoms with Crippen LogP contribution >= 0.6 is 0 Å². The van der Waals surface area contributed by atoms with Crippen LogP contribution in [0.15, 0.2) is 24.3 Å². The van der Waals surface area contributed by atoms with Gasteiger partial charge in [-0.1, -0.05) is 18.2 Å². The lowest BCUT2D eigenvalue weighted by atomic mass is 9.79. The minimum atomic E-state index is -1.00. The zero-order valence-corrected chi connectivity index (χ0v) is 11.0. The number of rotatable bonds is 5. The summed E-state index contributed by atoms with van der Waals surface area (Å²) in [5.41, 5.74) is 4.49. The van der Waals surface area contributed by atoms with Crippen LogP contribution in [-0.4, -0.2) is 42.2 Å². The van der Waals surface area contributed by atoms with Crippen LogP contribution in [0.3, 0.4) is 0 Å². The van der Waals surface area contributed by atoms with Gasteiger partial charge in [0, 0.05) is 30.5 Å². The highest BCUT2D eigenvalue weighted by atomic mass is 16.6. The average molecular weight is 266 g/mol. The van der Waals surface area contributed by atoms with E-state index in [1.165, 1.54) is 0 Å². The summed E-state index contributed by atoms with van der Waals surface area (Å²) in [7, 11) is 0. The van der Waals surface area contributed by atoms with Crippen molar-refractivity contribution in [1.29, 1.82) is 0 Å². The molecule has 1 aliphatic carbocycles. The Balaban J connectivity index is 2.07. The Morgan fingerprint density at radius 2 is 2.37 bits per heavy atom. The Morgan fingerprint density at radius 3 is 3.00 bits per heavy atom. The molecule has 1 aliphatic heterocycles. The molecular formula is C13H22N4O2. The summed E-state index contributed by atoms with van der Waals surface area (Å²) >= 11 is 0. The molecule has 106 valence electrons. The quantitative estimate of drug-likeness (QED) is 0.488. The highest BCUT2D eigenvalue weighted by Crippen LogP contribution is 2.30. The number of nitrogens with two attached hydrogens (primary N) is 1. The predicted octanol–water partition coefficient (Wildman–Crippen LogP) is 0.187. The number of piperidine rings is 1. The molecule has 0 spiro atoms. The molecule has 6 nitrogen and oxygen atoms in total. The number of nitrogens with zero attached hydrogens (tertiary/aromatic N) is 1. The van der Waals surface area contributed by atoms with Crippen LogP contribution in [-0.2, 0) is 0 Å². The number of nitro groups is 1. The fourth-order valence-corrected chi connectivity index (χ4v) is 2.92. The minimum Gasteiger partial charge on any atom is -0.329 e. The van der Waals surface area contributed by atoms with Gasteiger partial charge in [-0.2, -0.15) is 0 Å². The lowest BCUT2D eigenvalue weighted by Gasteiger charge is -2.38. The van der Waals surface area contributed by atoms with Gasteiger partial charge in [-0.3, -0.25) is 10.1 Å². The monoisotopic (exact) mass is 266 g/mol. The maximum Gasteiger partial charge on any atom is 0.259 e. The summed E-state index contributed by atoms with van der Waals surface area (Å²) in [6.07, 6.45) is 9.47. The Bertz CT molecular complexity index is 383. The van der Waals surface area contributed by atoms with Crippen molar-refractivity contribution in [3.05, 3.63) is 34.4 Å². The normalized spacial score (nSPS) is 34.4. The lowest BCUT2D eigenvalue weighted by molar-refractivity contribution is -0.560. The molecule has 0 bridgehead atoms. The van der Waals surface area contributed by atoms with Crippen LogP contribution in [0, 0.1) is 10.1 Å². The van der Waals surface area contributed by atoms with Crippen molar-refractivity contribution >= 4 is 0 Å². The largest absolute Gasteiger partial charge is 0.329 e. The topological polar surface area (TPSA) is 93.2 Å². The zero-order valence-electron chi connectivity index (χ0n) is 11.0. The van der Waals surface area contributed by atoms with E-state index in [0.29, 0.717) is 19.0 Å². The van der Waals surface area contributed by atoms with Crippen LogP contribution in [0.2, 0.25) is 0 Å². The zero-order chi connectivity index (χ0) is 13.7. The summed E-state index contributed by atoms with van der Waals surface area (Å²) in [5.74, 6) is 0. The fraction of sp³-hybridized carbons (Fsp3) is 0.692. The van der Waals surface area contributed by atoms with Gasteiger partial charge in [0.25, 0.3) is 5.54 Å². The standard InChI is InChI=1S/C13H22N4O2/c14-7-9-15-11-4-8-16-12(10-11)13(17(18)19)5-2-1-3-6-13/h1-3,5,11-12,15-16H,4,6-10,14H2. The average Bonchev–Trinajstić information content (AvgIpc) is 2.46. The molecule has 0 radical (unpaired) electrons. The third kappa shape index (κ3) is 3.02. The lowest BCUT2D eigenvalue weighted by Crippen LogP contribution is -2.60. The fourth-order valence-electron chi connectivity index (χ4n) is 2.92. The highest BCUT2D eigenvalue weighted by molar-refractivity contribution is 5.22. The predicted molar refractivity (Wildman–Crippen MR) is 74.5 cm³/mol. The maximum absolute atomic E-state index is 11.5. The molecule has 1 saturated heterocycles. The molecule has 4 N–H and O–H groups in total. The SMILES string of the molecule is NCCNC1CCNC(C2([N+](=O)[O-])C=CC=CC2)C1. The Hall–Kier alpha value is -1.24. The molecule has 2 rings (SSSR count). The Morgan fingerprint density at radius 1 is 1.53 bits per heavy atom. The van der Waals surface area contributed by atoms with Crippen molar-refractivity contribution in [2.75, 3.05) is 19.6 Å². The third-order valence-corrected chi connectivity index (χ3v) is 4.00. The van der Waals surface area contributed by atoms with E-state index >= 15 is 0 Å². The molecule has 0 aromatic heterocycles. The van der Waals surface area contributed by atoms with Gasteiger partial charge in [0.15, 0.2) is 0 Å². The first-order valence-corrected chi connectivity index (χ1v) is 6.85.